The van der Waals surface area contributed by atoms with E-state index in [4.69, 9.17) is 5.73 Å². The third kappa shape index (κ3) is 2.70. The molecule has 0 spiro atoms. The molecule has 0 aromatic heterocycles. The van der Waals surface area contributed by atoms with E-state index in [0.717, 1.165) is 4.90 Å². The number of nitrogens with zero attached hydrogens (tertiary/aromatic N) is 1. The summed E-state index contributed by atoms with van der Waals surface area (Å²) >= 11 is 0. The first-order valence-corrected chi connectivity index (χ1v) is 5.74. The molecule has 2 rings (SSSR count). The van der Waals surface area contributed by atoms with Crippen LogP contribution >= 0.6 is 0 Å². The van der Waals surface area contributed by atoms with Crippen molar-refractivity contribution >= 4 is 11.6 Å². The number of anilines is 1. The fourth-order valence-corrected chi connectivity index (χ4v) is 2.04. The molecule has 1 heterocycles. The summed E-state index contributed by atoms with van der Waals surface area (Å²) < 4.78 is 51.4. The van der Waals surface area contributed by atoms with Gasteiger partial charge in [-0.15, -0.1) is 0 Å². The molecule has 3 nitrogen and oxygen atoms in total. The third-order valence-corrected chi connectivity index (χ3v) is 3.04. The zero-order valence-electron chi connectivity index (χ0n) is 9.88. The second-order valence-electron chi connectivity index (χ2n) is 4.40. The lowest BCUT2D eigenvalue weighted by molar-refractivity contribution is -0.137. The zero-order valence-corrected chi connectivity index (χ0v) is 9.88. The molecule has 0 bridgehead atoms. The minimum absolute atomic E-state index is 0.171. The molecule has 2 N–H and O–H groups in total. The van der Waals surface area contributed by atoms with E-state index in [-0.39, 0.29) is 12.2 Å². The van der Waals surface area contributed by atoms with Gasteiger partial charge in [0.1, 0.15) is 5.82 Å². The highest BCUT2D eigenvalue weighted by atomic mass is 19.4. The molecule has 19 heavy (non-hydrogen) atoms. The molecule has 1 unspecified atom stereocenters. The molecule has 1 aromatic carbocycles. The average molecular weight is 276 g/mol. The highest BCUT2D eigenvalue weighted by Crippen LogP contribution is 2.33. The SMILES string of the molecule is NC1CCCN(c2cc(C(F)(F)F)ccc2F)C1=O. The van der Waals surface area contributed by atoms with E-state index in [9.17, 15) is 22.4 Å². The number of alkyl halides is 3. The standard InChI is InChI=1S/C12H12F4N2O/c13-8-4-3-7(12(14,15)16)6-10(8)18-5-1-2-9(17)11(18)19/h3-4,6,9H,1-2,5,17H2. The van der Waals surface area contributed by atoms with Crippen LogP contribution in [0.2, 0.25) is 0 Å². The summed E-state index contributed by atoms with van der Waals surface area (Å²) in [6.45, 7) is 0.171. The van der Waals surface area contributed by atoms with Crippen LogP contribution in [0, 0.1) is 5.82 Å². The Morgan fingerprint density at radius 1 is 1.32 bits per heavy atom. The van der Waals surface area contributed by atoms with Crippen molar-refractivity contribution < 1.29 is 22.4 Å². The summed E-state index contributed by atoms with van der Waals surface area (Å²) in [4.78, 5) is 12.8. The lowest BCUT2D eigenvalue weighted by Gasteiger charge is -2.31. The largest absolute Gasteiger partial charge is 0.416 e. The van der Waals surface area contributed by atoms with Gasteiger partial charge in [-0.2, -0.15) is 13.2 Å². The van der Waals surface area contributed by atoms with Gasteiger partial charge in [-0.3, -0.25) is 4.79 Å². The molecule has 1 fully saturated rings. The van der Waals surface area contributed by atoms with Gasteiger partial charge < -0.3 is 10.6 Å². The molecule has 1 atom stereocenters. The van der Waals surface area contributed by atoms with Gasteiger partial charge in [0.25, 0.3) is 0 Å². The highest BCUT2D eigenvalue weighted by molar-refractivity contribution is 5.97. The molecule has 104 valence electrons. The van der Waals surface area contributed by atoms with E-state index in [1.807, 2.05) is 0 Å². The second kappa shape index (κ2) is 4.80. The molecular weight excluding hydrogens is 264 g/mol. The van der Waals surface area contributed by atoms with Crippen molar-refractivity contribution in [1.82, 2.24) is 0 Å². The van der Waals surface area contributed by atoms with Gasteiger partial charge in [-0.25, -0.2) is 4.39 Å². The van der Waals surface area contributed by atoms with Crippen LogP contribution in [0.4, 0.5) is 23.2 Å². The second-order valence-corrected chi connectivity index (χ2v) is 4.40. The van der Waals surface area contributed by atoms with Crippen molar-refractivity contribution in [3.05, 3.63) is 29.6 Å². The van der Waals surface area contributed by atoms with Crippen molar-refractivity contribution in [2.75, 3.05) is 11.4 Å². The minimum Gasteiger partial charge on any atom is -0.320 e. The first-order valence-electron chi connectivity index (χ1n) is 5.74. The summed E-state index contributed by atoms with van der Waals surface area (Å²) in [6.07, 6.45) is -3.60. The number of hydrogen-bond acceptors (Lipinski definition) is 2. The van der Waals surface area contributed by atoms with Crippen LogP contribution in [0.25, 0.3) is 0 Å². The minimum atomic E-state index is -4.58. The zero-order chi connectivity index (χ0) is 14.2. The Hall–Kier alpha value is -1.63. The number of benzene rings is 1. The van der Waals surface area contributed by atoms with E-state index in [2.05, 4.69) is 0 Å². The number of amides is 1. The lowest BCUT2D eigenvalue weighted by Crippen LogP contribution is -2.48. The molecule has 0 radical (unpaired) electrons. The number of hydrogen-bond donors (Lipinski definition) is 1. The Bertz CT molecular complexity index is 501. The molecular formula is C12H12F4N2O. The Balaban J connectivity index is 2.41. The summed E-state index contributed by atoms with van der Waals surface area (Å²) in [5.41, 5.74) is 4.19. The van der Waals surface area contributed by atoms with Gasteiger partial charge in [0.15, 0.2) is 0 Å². The summed E-state index contributed by atoms with van der Waals surface area (Å²) in [7, 11) is 0. The van der Waals surface area contributed by atoms with Gasteiger partial charge in [0.2, 0.25) is 5.91 Å². The number of carbonyl (C=O) groups excluding carboxylic acids is 1. The fourth-order valence-electron chi connectivity index (χ4n) is 2.04. The Morgan fingerprint density at radius 2 is 2.00 bits per heavy atom. The van der Waals surface area contributed by atoms with Gasteiger partial charge in [-0.1, -0.05) is 0 Å². The third-order valence-electron chi connectivity index (χ3n) is 3.04. The predicted molar refractivity (Wildman–Crippen MR) is 61.0 cm³/mol. The molecule has 0 saturated carbocycles. The predicted octanol–water partition coefficient (Wildman–Crippen LogP) is 2.30. The smallest absolute Gasteiger partial charge is 0.320 e. The number of halogens is 4. The Morgan fingerprint density at radius 3 is 2.63 bits per heavy atom. The molecule has 1 amide bonds. The lowest BCUT2D eigenvalue weighted by atomic mass is 10.0. The first-order chi connectivity index (χ1) is 8.80. The van der Waals surface area contributed by atoms with E-state index in [1.165, 1.54) is 0 Å². The molecule has 0 aliphatic carbocycles. The van der Waals surface area contributed by atoms with E-state index < -0.39 is 29.5 Å². The summed E-state index contributed by atoms with van der Waals surface area (Å²) in [5.74, 6) is -1.42. The topological polar surface area (TPSA) is 46.3 Å². The van der Waals surface area contributed by atoms with Crippen molar-refractivity contribution in [1.29, 1.82) is 0 Å². The van der Waals surface area contributed by atoms with Crippen LogP contribution in [0.5, 0.6) is 0 Å². The monoisotopic (exact) mass is 276 g/mol. The number of carbonyl (C=O) groups is 1. The van der Waals surface area contributed by atoms with Crippen LogP contribution in [0.1, 0.15) is 18.4 Å². The molecule has 1 aliphatic heterocycles. The van der Waals surface area contributed by atoms with Crippen LogP contribution in [0.15, 0.2) is 18.2 Å². The van der Waals surface area contributed by atoms with Gasteiger partial charge in [0, 0.05) is 6.54 Å². The number of piperidine rings is 1. The normalized spacial score (nSPS) is 20.8. The van der Waals surface area contributed by atoms with Crippen molar-refractivity contribution in [3.8, 4) is 0 Å². The van der Waals surface area contributed by atoms with Crippen molar-refractivity contribution in [2.24, 2.45) is 5.73 Å². The molecule has 1 aromatic rings. The van der Waals surface area contributed by atoms with Gasteiger partial charge >= 0.3 is 6.18 Å². The van der Waals surface area contributed by atoms with Crippen LogP contribution < -0.4 is 10.6 Å². The molecule has 1 aliphatic rings. The number of nitrogens with two attached hydrogens (primary N) is 1. The maximum Gasteiger partial charge on any atom is 0.416 e. The first kappa shape index (κ1) is 13.8. The van der Waals surface area contributed by atoms with Gasteiger partial charge in [-0.05, 0) is 31.0 Å². The Labute approximate surface area is 107 Å². The maximum absolute atomic E-state index is 13.6. The summed E-state index contributed by atoms with van der Waals surface area (Å²) in [5, 5.41) is 0. The number of rotatable bonds is 1. The fraction of sp³-hybridized carbons (Fsp3) is 0.417. The van der Waals surface area contributed by atoms with E-state index in [1.54, 1.807) is 0 Å². The molecule has 1 saturated heterocycles. The maximum atomic E-state index is 13.6. The van der Waals surface area contributed by atoms with E-state index >= 15 is 0 Å². The molecule has 7 heteroatoms. The summed E-state index contributed by atoms with van der Waals surface area (Å²) in [6, 6.07) is 1.21. The van der Waals surface area contributed by atoms with Crippen LogP contribution in [0.3, 0.4) is 0 Å². The van der Waals surface area contributed by atoms with Crippen LogP contribution in [-0.4, -0.2) is 18.5 Å². The average Bonchev–Trinajstić information content (AvgIpc) is 2.32. The van der Waals surface area contributed by atoms with Crippen LogP contribution in [-0.2, 0) is 11.0 Å². The Kier molecular flexibility index (Phi) is 3.49. The van der Waals surface area contributed by atoms with Crippen molar-refractivity contribution in [3.63, 3.8) is 0 Å². The van der Waals surface area contributed by atoms with Crippen molar-refractivity contribution in [2.45, 2.75) is 25.1 Å². The van der Waals surface area contributed by atoms with E-state index in [0.29, 0.717) is 31.0 Å². The quantitative estimate of drug-likeness (QED) is 0.800. The highest BCUT2D eigenvalue weighted by Gasteiger charge is 2.34. The van der Waals surface area contributed by atoms with Gasteiger partial charge in [0.05, 0.1) is 17.3 Å².